The summed E-state index contributed by atoms with van der Waals surface area (Å²) >= 11 is 3.51. The van der Waals surface area contributed by atoms with Gasteiger partial charge in [-0.2, -0.15) is 0 Å². The van der Waals surface area contributed by atoms with Gasteiger partial charge in [-0.1, -0.05) is 127 Å². The van der Waals surface area contributed by atoms with Crippen LogP contribution in [0.4, 0.5) is 0 Å². The molecule has 1 nitrogen and oxygen atoms in total. The third kappa shape index (κ3) is 8.22. The van der Waals surface area contributed by atoms with E-state index >= 15 is 0 Å². The van der Waals surface area contributed by atoms with Crippen molar-refractivity contribution in [3.8, 4) is 0 Å². The molecular weight excluding hydrogens is 496 g/mol. The summed E-state index contributed by atoms with van der Waals surface area (Å²) in [7, 11) is -2.52. The first kappa shape index (κ1) is 28.6. The van der Waals surface area contributed by atoms with Gasteiger partial charge in [0.25, 0.3) is 8.32 Å². The normalized spacial score (nSPS) is 13.1. The molecule has 0 fully saturated rings. The Balaban J connectivity index is 2.42. The molecule has 34 heavy (non-hydrogen) atoms. The van der Waals surface area contributed by atoms with E-state index < -0.39 is 8.32 Å². The lowest BCUT2D eigenvalue weighted by Gasteiger charge is -2.43. The fraction of sp³-hybridized carbons (Fsp3) is 0.419. The Bertz CT molecular complexity index is 908. The van der Waals surface area contributed by atoms with Gasteiger partial charge in [-0.25, -0.2) is 0 Å². The van der Waals surface area contributed by atoms with Gasteiger partial charge in [-0.05, 0) is 67.4 Å². The number of halogens is 1. The standard InChI is InChI=1S/C31H43BrOSi/c1-26(2)15-13-17-28(18-14-16-27(3)23-24-32)25-33-34(31(4,5)6,29-19-9-7-10-20-29)30-21-11-8-12-22-30/h7-12,15,18-23H,13-14,16-17,24-25H2,1-6H3/b27-23+,28-18-. The molecule has 0 amide bonds. The van der Waals surface area contributed by atoms with Gasteiger partial charge in [0.05, 0.1) is 6.61 Å². The van der Waals surface area contributed by atoms with Gasteiger partial charge in [0.15, 0.2) is 0 Å². The van der Waals surface area contributed by atoms with E-state index in [9.17, 15) is 0 Å². The quantitative estimate of drug-likeness (QED) is 0.150. The summed E-state index contributed by atoms with van der Waals surface area (Å²) < 4.78 is 7.22. The van der Waals surface area contributed by atoms with E-state index in [-0.39, 0.29) is 5.04 Å². The van der Waals surface area contributed by atoms with Crippen LogP contribution in [0.5, 0.6) is 0 Å². The highest BCUT2D eigenvalue weighted by Gasteiger charge is 2.50. The van der Waals surface area contributed by atoms with Gasteiger partial charge in [-0.15, -0.1) is 0 Å². The van der Waals surface area contributed by atoms with E-state index in [4.69, 9.17) is 4.43 Å². The number of benzene rings is 2. The SMILES string of the molecule is CC(C)=CCC/C(=C/CC/C(C)=C/CBr)CO[Si](c1ccccc1)(c1ccccc1)C(C)(C)C. The molecule has 0 saturated carbocycles. The fourth-order valence-electron chi connectivity index (χ4n) is 4.48. The highest BCUT2D eigenvalue weighted by molar-refractivity contribution is 9.09. The lowest BCUT2D eigenvalue weighted by atomic mass is 10.1. The zero-order valence-electron chi connectivity index (χ0n) is 22.0. The Kier molecular flexibility index (Phi) is 11.8. The summed E-state index contributed by atoms with van der Waals surface area (Å²) in [5.41, 5.74) is 4.23. The van der Waals surface area contributed by atoms with Gasteiger partial charge >= 0.3 is 0 Å². The Labute approximate surface area is 218 Å². The van der Waals surface area contributed by atoms with Crippen molar-refractivity contribution in [2.45, 2.75) is 72.3 Å². The highest BCUT2D eigenvalue weighted by atomic mass is 79.9. The molecule has 0 aliphatic heterocycles. The maximum Gasteiger partial charge on any atom is 0.261 e. The minimum Gasteiger partial charge on any atom is -0.403 e. The summed E-state index contributed by atoms with van der Waals surface area (Å²) in [5.74, 6) is 0. The second-order valence-corrected chi connectivity index (χ2v) is 15.3. The molecule has 3 heteroatoms. The first-order valence-corrected chi connectivity index (χ1v) is 15.5. The van der Waals surface area contributed by atoms with Crippen molar-refractivity contribution in [3.63, 3.8) is 0 Å². The zero-order chi connectivity index (χ0) is 25.0. The van der Waals surface area contributed by atoms with Crippen molar-refractivity contribution in [3.05, 3.63) is 95.6 Å². The average molecular weight is 540 g/mol. The van der Waals surface area contributed by atoms with Gasteiger partial charge in [0.2, 0.25) is 0 Å². The van der Waals surface area contributed by atoms with Crippen molar-refractivity contribution >= 4 is 34.6 Å². The summed E-state index contributed by atoms with van der Waals surface area (Å²) in [6.07, 6.45) is 11.3. The lowest BCUT2D eigenvalue weighted by Crippen LogP contribution is -2.66. The van der Waals surface area contributed by atoms with Gasteiger partial charge in [0, 0.05) is 5.33 Å². The maximum atomic E-state index is 7.22. The van der Waals surface area contributed by atoms with Crippen molar-refractivity contribution in [1.29, 1.82) is 0 Å². The Morgan fingerprint density at radius 3 is 1.79 bits per heavy atom. The molecule has 2 aromatic carbocycles. The zero-order valence-corrected chi connectivity index (χ0v) is 24.6. The van der Waals surface area contributed by atoms with Crippen LogP contribution >= 0.6 is 15.9 Å². The molecule has 0 aliphatic carbocycles. The molecule has 2 aromatic rings. The molecule has 0 N–H and O–H groups in total. The van der Waals surface area contributed by atoms with Gasteiger partial charge in [0.1, 0.15) is 0 Å². The van der Waals surface area contributed by atoms with Crippen LogP contribution in [0, 0.1) is 0 Å². The van der Waals surface area contributed by atoms with Crippen LogP contribution in [-0.4, -0.2) is 20.3 Å². The molecule has 0 unspecified atom stereocenters. The van der Waals surface area contributed by atoms with Crippen LogP contribution < -0.4 is 10.4 Å². The average Bonchev–Trinajstić information content (AvgIpc) is 2.79. The largest absolute Gasteiger partial charge is 0.403 e. The van der Waals surface area contributed by atoms with Crippen molar-refractivity contribution in [2.75, 3.05) is 11.9 Å². The van der Waals surface area contributed by atoms with Crippen LogP contribution in [0.2, 0.25) is 5.04 Å². The van der Waals surface area contributed by atoms with E-state index in [2.05, 4.69) is 136 Å². The predicted molar refractivity (Wildman–Crippen MR) is 157 cm³/mol. The van der Waals surface area contributed by atoms with Crippen LogP contribution in [0.1, 0.15) is 67.2 Å². The van der Waals surface area contributed by atoms with Crippen molar-refractivity contribution in [1.82, 2.24) is 0 Å². The lowest BCUT2D eigenvalue weighted by molar-refractivity contribution is 0.325. The first-order chi connectivity index (χ1) is 16.2. The van der Waals surface area contributed by atoms with Crippen LogP contribution in [-0.2, 0) is 4.43 Å². The molecule has 0 bridgehead atoms. The number of allylic oxidation sites excluding steroid dienone is 5. The van der Waals surface area contributed by atoms with E-state index in [1.54, 1.807) is 0 Å². The molecule has 2 rings (SSSR count). The molecule has 0 saturated heterocycles. The predicted octanol–water partition coefficient (Wildman–Crippen LogP) is 8.36. The van der Waals surface area contributed by atoms with Crippen LogP contribution in [0.3, 0.4) is 0 Å². The summed E-state index contributed by atoms with van der Waals surface area (Å²) in [6.45, 7) is 14.3. The molecule has 0 aromatic heterocycles. The number of rotatable bonds is 12. The van der Waals surface area contributed by atoms with E-state index in [0.29, 0.717) is 6.61 Å². The Morgan fingerprint density at radius 2 is 1.32 bits per heavy atom. The summed E-state index contributed by atoms with van der Waals surface area (Å²) in [4.78, 5) is 0. The summed E-state index contributed by atoms with van der Waals surface area (Å²) in [5, 5.41) is 3.60. The van der Waals surface area contributed by atoms with Gasteiger partial charge in [-0.3, -0.25) is 0 Å². The third-order valence-corrected chi connectivity index (χ3v) is 11.6. The smallest absolute Gasteiger partial charge is 0.261 e. The number of hydrogen-bond donors (Lipinski definition) is 0. The molecule has 0 aliphatic rings. The van der Waals surface area contributed by atoms with Crippen molar-refractivity contribution < 1.29 is 4.43 Å². The monoisotopic (exact) mass is 538 g/mol. The molecular formula is C31H43BrOSi. The van der Waals surface area contributed by atoms with Gasteiger partial charge < -0.3 is 4.43 Å². The van der Waals surface area contributed by atoms with Crippen molar-refractivity contribution in [2.24, 2.45) is 0 Å². The van der Waals surface area contributed by atoms with E-state index in [0.717, 1.165) is 31.0 Å². The molecule has 184 valence electrons. The second kappa shape index (κ2) is 14.0. The molecule has 0 atom stereocenters. The highest BCUT2D eigenvalue weighted by Crippen LogP contribution is 2.37. The number of hydrogen-bond acceptors (Lipinski definition) is 1. The van der Waals surface area contributed by atoms with Crippen LogP contribution in [0.25, 0.3) is 0 Å². The molecule has 0 heterocycles. The molecule has 0 radical (unpaired) electrons. The topological polar surface area (TPSA) is 9.23 Å². The Morgan fingerprint density at radius 1 is 0.794 bits per heavy atom. The second-order valence-electron chi connectivity index (χ2n) is 10.4. The molecule has 0 spiro atoms. The van der Waals surface area contributed by atoms with E-state index in [1.165, 1.54) is 27.1 Å². The Hall–Kier alpha value is -1.68. The first-order valence-electron chi connectivity index (χ1n) is 12.5. The minimum absolute atomic E-state index is 0.00404. The minimum atomic E-state index is -2.52. The van der Waals surface area contributed by atoms with E-state index in [1.807, 2.05) is 0 Å². The maximum absolute atomic E-state index is 7.22. The third-order valence-electron chi connectivity index (χ3n) is 6.31. The van der Waals surface area contributed by atoms with Crippen LogP contribution in [0.15, 0.2) is 95.6 Å². The number of alkyl halides is 1. The summed E-state index contributed by atoms with van der Waals surface area (Å²) in [6, 6.07) is 21.9. The fourth-order valence-corrected chi connectivity index (χ4v) is 9.59.